The first-order chi connectivity index (χ1) is 10.1. The minimum absolute atomic E-state index is 0.0619. The van der Waals surface area contributed by atoms with Crippen LogP contribution in [0.1, 0.15) is 43.5 Å². The first kappa shape index (κ1) is 15.8. The van der Waals surface area contributed by atoms with Crippen molar-refractivity contribution in [1.29, 1.82) is 0 Å². The number of hydrogen-bond donors (Lipinski definition) is 1. The number of aliphatic hydroxyl groups is 1. The zero-order valence-corrected chi connectivity index (χ0v) is 12.9. The van der Waals surface area contributed by atoms with Gasteiger partial charge in [0.15, 0.2) is 0 Å². The number of aliphatic hydroxyl groups excluding tert-OH is 1. The number of likely N-dealkylation sites (tertiary alicyclic amines) is 1. The summed E-state index contributed by atoms with van der Waals surface area (Å²) in [5, 5.41) is 9.06. The standard InChI is InChI=1S/C17H25NO3/c1-13(2)21-16-7-3-6-15(11-16)17(20)18-9-4-5-14(12-18)8-10-19/h3,6-7,11,13-14,19H,4-5,8-10,12H2,1-2H3. The number of ether oxygens (including phenoxy) is 1. The molecule has 0 bridgehead atoms. The number of nitrogens with zero attached hydrogens (tertiary/aromatic N) is 1. The summed E-state index contributed by atoms with van der Waals surface area (Å²) in [6.45, 7) is 5.69. The molecule has 1 N–H and O–H groups in total. The number of amides is 1. The first-order valence-electron chi connectivity index (χ1n) is 7.77. The van der Waals surface area contributed by atoms with Crippen molar-refractivity contribution < 1.29 is 14.6 Å². The van der Waals surface area contributed by atoms with Crippen molar-refractivity contribution in [2.75, 3.05) is 19.7 Å². The third-order valence-electron chi connectivity index (χ3n) is 3.80. The minimum atomic E-state index is 0.0619. The van der Waals surface area contributed by atoms with E-state index in [1.807, 2.05) is 43.0 Å². The summed E-state index contributed by atoms with van der Waals surface area (Å²) in [5.74, 6) is 1.22. The van der Waals surface area contributed by atoms with Gasteiger partial charge in [0, 0.05) is 25.3 Å². The molecule has 0 radical (unpaired) electrons. The summed E-state index contributed by atoms with van der Waals surface area (Å²) >= 11 is 0. The summed E-state index contributed by atoms with van der Waals surface area (Å²) in [4.78, 5) is 14.5. The molecule has 1 amide bonds. The van der Waals surface area contributed by atoms with Crippen LogP contribution in [-0.2, 0) is 0 Å². The fraction of sp³-hybridized carbons (Fsp3) is 0.588. The smallest absolute Gasteiger partial charge is 0.253 e. The van der Waals surface area contributed by atoms with Crippen LogP contribution in [0.5, 0.6) is 5.75 Å². The van der Waals surface area contributed by atoms with Gasteiger partial charge in [-0.2, -0.15) is 0 Å². The lowest BCUT2D eigenvalue weighted by Crippen LogP contribution is -2.40. The van der Waals surface area contributed by atoms with Gasteiger partial charge in [-0.25, -0.2) is 0 Å². The Morgan fingerprint density at radius 2 is 2.29 bits per heavy atom. The molecule has 1 saturated heterocycles. The van der Waals surface area contributed by atoms with Crippen LogP contribution in [0.15, 0.2) is 24.3 Å². The van der Waals surface area contributed by atoms with Crippen LogP contribution >= 0.6 is 0 Å². The van der Waals surface area contributed by atoms with Crippen molar-refractivity contribution in [3.8, 4) is 5.75 Å². The molecule has 1 aromatic carbocycles. The molecule has 4 nitrogen and oxygen atoms in total. The molecular weight excluding hydrogens is 266 g/mol. The number of carbonyl (C=O) groups is 1. The molecule has 1 unspecified atom stereocenters. The second-order valence-electron chi connectivity index (χ2n) is 5.97. The molecule has 0 aliphatic carbocycles. The van der Waals surface area contributed by atoms with Gasteiger partial charge in [0.05, 0.1) is 6.10 Å². The zero-order valence-electron chi connectivity index (χ0n) is 12.9. The lowest BCUT2D eigenvalue weighted by atomic mass is 9.94. The second-order valence-corrected chi connectivity index (χ2v) is 5.97. The second kappa shape index (κ2) is 7.46. The average Bonchev–Trinajstić information content (AvgIpc) is 2.47. The van der Waals surface area contributed by atoms with Gasteiger partial charge in [-0.05, 0) is 57.2 Å². The van der Waals surface area contributed by atoms with Gasteiger partial charge >= 0.3 is 0 Å². The summed E-state index contributed by atoms with van der Waals surface area (Å²) in [6, 6.07) is 7.39. The molecule has 0 spiro atoms. The molecular formula is C17H25NO3. The highest BCUT2D eigenvalue weighted by Gasteiger charge is 2.24. The summed E-state index contributed by atoms with van der Waals surface area (Å²) in [7, 11) is 0. The SMILES string of the molecule is CC(C)Oc1cccc(C(=O)N2CCCC(CCO)C2)c1. The van der Waals surface area contributed by atoms with Crippen LogP contribution in [0.25, 0.3) is 0 Å². The highest BCUT2D eigenvalue weighted by atomic mass is 16.5. The Balaban J connectivity index is 2.05. The Morgan fingerprint density at radius 3 is 3.00 bits per heavy atom. The molecule has 1 fully saturated rings. The fourth-order valence-electron chi connectivity index (χ4n) is 2.82. The van der Waals surface area contributed by atoms with Gasteiger partial charge in [0.2, 0.25) is 0 Å². The Labute approximate surface area is 126 Å². The highest BCUT2D eigenvalue weighted by molar-refractivity contribution is 5.94. The van der Waals surface area contributed by atoms with E-state index < -0.39 is 0 Å². The van der Waals surface area contributed by atoms with Crippen molar-refractivity contribution in [1.82, 2.24) is 4.90 Å². The van der Waals surface area contributed by atoms with E-state index in [0.29, 0.717) is 11.5 Å². The monoisotopic (exact) mass is 291 g/mol. The topological polar surface area (TPSA) is 49.8 Å². The minimum Gasteiger partial charge on any atom is -0.491 e. The predicted molar refractivity (Wildman–Crippen MR) is 82.5 cm³/mol. The van der Waals surface area contributed by atoms with Crippen LogP contribution < -0.4 is 4.74 Å². The Hall–Kier alpha value is -1.55. The normalized spacial score (nSPS) is 18.9. The van der Waals surface area contributed by atoms with E-state index in [1.54, 1.807) is 0 Å². The Bertz CT molecular complexity index is 471. The maximum Gasteiger partial charge on any atom is 0.253 e. The molecule has 1 aromatic rings. The maximum atomic E-state index is 12.6. The molecule has 1 aliphatic rings. The van der Waals surface area contributed by atoms with Crippen molar-refractivity contribution >= 4 is 5.91 Å². The van der Waals surface area contributed by atoms with Gasteiger partial charge in [-0.15, -0.1) is 0 Å². The number of rotatable bonds is 5. The molecule has 1 aliphatic heterocycles. The van der Waals surface area contributed by atoms with E-state index in [1.165, 1.54) is 0 Å². The third kappa shape index (κ3) is 4.46. The quantitative estimate of drug-likeness (QED) is 0.907. The van der Waals surface area contributed by atoms with Gasteiger partial charge < -0.3 is 14.7 Å². The molecule has 2 rings (SSSR count). The van der Waals surface area contributed by atoms with Crippen LogP contribution in [0.2, 0.25) is 0 Å². The molecule has 1 heterocycles. The zero-order chi connectivity index (χ0) is 15.2. The third-order valence-corrected chi connectivity index (χ3v) is 3.80. The molecule has 0 saturated carbocycles. The molecule has 21 heavy (non-hydrogen) atoms. The highest BCUT2D eigenvalue weighted by Crippen LogP contribution is 2.22. The summed E-state index contributed by atoms with van der Waals surface area (Å²) in [6.07, 6.45) is 2.99. The van der Waals surface area contributed by atoms with Crippen LogP contribution in [0.4, 0.5) is 0 Å². The molecule has 1 atom stereocenters. The van der Waals surface area contributed by atoms with Gasteiger partial charge in [0.1, 0.15) is 5.75 Å². The van der Waals surface area contributed by atoms with Gasteiger partial charge in [-0.1, -0.05) is 6.07 Å². The lowest BCUT2D eigenvalue weighted by molar-refractivity contribution is 0.0653. The van der Waals surface area contributed by atoms with Gasteiger partial charge in [-0.3, -0.25) is 4.79 Å². The molecule has 0 aromatic heterocycles. The predicted octanol–water partition coefficient (Wildman–Crippen LogP) is 2.71. The summed E-state index contributed by atoms with van der Waals surface area (Å²) < 4.78 is 5.65. The van der Waals surface area contributed by atoms with E-state index in [0.717, 1.165) is 38.1 Å². The van der Waals surface area contributed by atoms with E-state index in [2.05, 4.69) is 0 Å². The number of benzene rings is 1. The van der Waals surface area contributed by atoms with Gasteiger partial charge in [0.25, 0.3) is 5.91 Å². The molecule has 4 heteroatoms. The fourth-order valence-corrected chi connectivity index (χ4v) is 2.82. The van der Waals surface area contributed by atoms with Crippen molar-refractivity contribution in [3.05, 3.63) is 29.8 Å². The van der Waals surface area contributed by atoms with Crippen molar-refractivity contribution in [2.45, 2.75) is 39.2 Å². The van der Waals surface area contributed by atoms with Crippen LogP contribution in [0, 0.1) is 5.92 Å². The van der Waals surface area contributed by atoms with Crippen molar-refractivity contribution in [3.63, 3.8) is 0 Å². The lowest BCUT2D eigenvalue weighted by Gasteiger charge is -2.32. The molecule has 116 valence electrons. The van der Waals surface area contributed by atoms with E-state index in [4.69, 9.17) is 9.84 Å². The number of carbonyl (C=O) groups excluding carboxylic acids is 1. The average molecular weight is 291 g/mol. The van der Waals surface area contributed by atoms with Crippen molar-refractivity contribution in [2.24, 2.45) is 5.92 Å². The van der Waals surface area contributed by atoms with Crippen LogP contribution in [0.3, 0.4) is 0 Å². The summed E-state index contributed by atoms with van der Waals surface area (Å²) in [5.41, 5.74) is 0.679. The largest absolute Gasteiger partial charge is 0.491 e. The number of hydrogen-bond acceptors (Lipinski definition) is 3. The van der Waals surface area contributed by atoms with Crippen LogP contribution in [-0.4, -0.2) is 41.7 Å². The Kier molecular flexibility index (Phi) is 5.62. The number of piperidine rings is 1. The van der Waals surface area contributed by atoms with E-state index in [9.17, 15) is 4.79 Å². The van der Waals surface area contributed by atoms with E-state index in [-0.39, 0.29) is 18.6 Å². The first-order valence-corrected chi connectivity index (χ1v) is 7.77. The maximum absolute atomic E-state index is 12.6. The Morgan fingerprint density at radius 1 is 1.48 bits per heavy atom. The van der Waals surface area contributed by atoms with E-state index >= 15 is 0 Å².